The van der Waals surface area contributed by atoms with Crippen molar-refractivity contribution in [2.75, 3.05) is 19.8 Å². The second-order valence-corrected chi connectivity index (χ2v) is 4.01. The number of ether oxygens (including phenoxy) is 2. The number of Topliss-reactive ketones (excluding diaryl/α,β-unsaturated/α-hetero) is 1. The molecule has 0 fully saturated rings. The molecule has 0 unspecified atom stereocenters. The molecule has 0 aromatic rings. The van der Waals surface area contributed by atoms with Crippen LogP contribution in [0.3, 0.4) is 0 Å². The number of carbonyl (C=O) groups excluding carboxylic acids is 2. The van der Waals surface area contributed by atoms with Gasteiger partial charge >= 0.3 is 5.97 Å². The van der Waals surface area contributed by atoms with Crippen LogP contribution < -0.4 is 0 Å². The van der Waals surface area contributed by atoms with Crippen molar-refractivity contribution in [3.63, 3.8) is 0 Å². The van der Waals surface area contributed by atoms with E-state index in [1.807, 2.05) is 6.92 Å². The summed E-state index contributed by atoms with van der Waals surface area (Å²) in [5.41, 5.74) is 0. The minimum atomic E-state index is -0.405. The van der Waals surface area contributed by atoms with Gasteiger partial charge in [0.2, 0.25) is 0 Å². The fourth-order valence-electron chi connectivity index (χ4n) is 1.32. The van der Waals surface area contributed by atoms with E-state index in [9.17, 15) is 9.59 Å². The smallest absolute Gasteiger partial charge is 0.313 e. The lowest BCUT2D eigenvalue weighted by Crippen LogP contribution is -2.12. The number of rotatable bonds is 11. The van der Waals surface area contributed by atoms with E-state index in [1.165, 1.54) is 0 Å². The predicted molar refractivity (Wildman–Crippen MR) is 65.8 cm³/mol. The maximum atomic E-state index is 11.2. The van der Waals surface area contributed by atoms with Crippen LogP contribution in [0.4, 0.5) is 0 Å². The molecule has 100 valence electrons. The first-order valence-electron chi connectivity index (χ1n) is 6.45. The zero-order valence-electron chi connectivity index (χ0n) is 11.0. The molecule has 0 atom stereocenters. The third-order valence-corrected chi connectivity index (χ3v) is 2.16. The Bertz CT molecular complexity index is 213. The first-order valence-corrected chi connectivity index (χ1v) is 6.45. The molecule has 0 aromatic heterocycles. The third kappa shape index (κ3) is 11.4. The van der Waals surface area contributed by atoms with Crippen molar-refractivity contribution >= 4 is 11.8 Å². The summed E-state index contributed by atoms with van der Waals surface area (Å²) < 4.78 is 10.2. The highest BCUT2D eigenvalue weighted by Crippen LogP contribution is 1.98. The standard InChI is InChI=1S/C13H24O4/c1-3-7-12(14)11-13(15)17-10-6-5-9-16-8-4-2/h3-11H2,1-2H3. The summed E-state index contributed by atoms with van der Waals surface area (Å²) in [6, 6.07) is 0. The van der Waals surface area contributed by atoms with Gasteiger partial charge in [-0.25, -0.2) is 0 Å². The fraction of sp³-hybridized carbons (Fsp3) is 0.846. The molecule has 4 nitrogen and oxygen atoms in total. The van der Waals surface area contributed by atoms with E-state index in [0.29, 0.717) is 19.6 Å². The van der Waals surface area contributed by atoms with Gasteiger partial charge in [0.25, 0.3) is 0 Å². The Morgan fingerprint density at radius 2 is 1.65 bits per heavy atom. The summed E-state index contributed by atoms with van der Waals surface area (Å²) in [4.78, 5) is 22.3. The minimum absolute atomic E-state index is 0.0382. The number of esters is 1. The van der Waals surface area contributed by atoms with Gasteiger partial charge in [-0.05, 0) is 25.7 Å². The van der Waals surface area contributed by atoms with Gasteiger partial charge in [-0.2, -0.15) is 0 Å². The summed E-state index contributed by atoms with van der Waals surface area (Å²) in [5, 5.41) is 0. The second-order valence-electron chi connectivity index (χ2n) is 4.01. The molecule has 0 rings (SSSR count). The summed E-state index contributed by atoms with van der Waals surface area (Å²) in [5.74, 6) is -0.443. The highest BCUT2D eigenvalue weighted by Gasteiger charge is 2.09. The minimum Gasteiger partial charge on any atom is -0.465 e. The molecule has 0 aliphatic carbocycles. The highest BCUT2D eigenvalue weighted by atomic mass is 16.5. The molecule has 0 saturated carbocycles. The molecule has 0 saturated heterocycles. The van der Waals surface area contributed by atoms with E-state index in [2.05, 4.69) is 6.92 Å². The topological polar surface area (TPSA) is 52.6 Å². The van der Waals surface area contributed by atoms with E-state index in [0.717, 1.165) is 32.3 Å². The molecule has 0 aliphatic heterocycles. The van der Waals surface area contributed by atoms with Crippen LogP contribution in [-0.2, 0) is 19.1 Å². The number of hydrogen-bond donors (Lipinski definition) is 0. The zero-order chi connectivity index (χ0) is 12.9. The first-order chi connectivity index (χ1) is 8.20. The quantitative estimate of drug-likeness (QED) is 0.318. The molecule has 0 heterocycles. The maximum absolute atomic E-state index is 11.2. The average molecular weight is 244 g/mol. The summed E-state index contributed by atoms with van der Waals surface area (Å²) in [6.45, 7) is 5.85. The van der Waals surface area contributed by atoms with E-state index in [4.69, 9.17) is 9.47 Å². The Kier molecular flexibility index (Phi) is 11.0. The van der Waals surface area contributed by atoms with Gasteiger partial charge in [-0.3, -0.25) is 9.59 Å². The molecule has 0 radical (unpaired) electrons. The van der Waals surface area contributed by atoms with Crippen molar-refractivity contribution in [1.29, 1.82) is 0 Å². The normalized spacial score (nSPS) is 10.2. The largest absolute Gasteiger partial charge is 0.465 e. The molecule has 0 aromatic carbocycles. The Balaban J connectivity index is 3.30. The predicted octanol–water partition coefficient (Wildman–Crippen LogP) is 2.50. The van der Waals surface area contributed by atoms with Crippen molar-refractivity contribution in [3.8, 4) is 0 Å². The van der Waals surface area contributed by atoms with Gasteiger partial charge in [-0.1, -0.05) is 13.8 Å². The molecule has 0 spiro atoms. The lowest BCUT2D eigenvalue weighted by Gasteiger charge is -2.04. The van der Waals surface area contributed by atoms with E-state index in [-0.39, 0.29) is 12.2 Å². The molecule has 4 heteroatoms. The van der Waals surface area contributed by atoms with Gasteiger partial charge in [0, 0.05) is 19.6 Å². The van der Waals surface area contributed by atoms with Gasteiger partial charge in [-0.15, -0.1) is 0 Å². The number of hydrogen-bond acceptors (Lipinski definition) is 4. The number of carbonyl (C=O) groups is 2. The fourth-order valence-corrected chi connectivity index (χ4v) is 1.32. The molecular weight excluding hydrogens is 220 g/mol. The molecular formula is C13H24O4. The molecule has 0 N–H and O–H groups in total. The van der Waals surface area contributed by atoms with Gasteiger partial charge in [0.05, 0.1) is 6.61 Å². The van der Waals surface area contributed by atoms with Crippen molar-refractivity contribution in [3.05, 3.63) is 0 Å². The number of ketones is 1. The third-order valence-electron chi connectivity index (χ3n) is 2.16. The zero-order valence-corrected chi connectivity index (χ0v) is 11.0. The van der Waals surface area contributed by atoms with Crippen molar-refractivity contribution in [2.45, 2.75) is 52.4 Å². The molecule has 0 amide bonds. The SMILES string of the molecule is CCCOCCCCOC(=O)CC(=O)CCC. The highest BCUT2D eigenvalue weighted by molar-refractivity contribution is 5.95. The monoisotopic (exact) mass is 244 g/mol. The Labute approximate surface area is 104 Å². The molecule has 17 heavy (non-hydrogen) atoms. The van der Waals surface area contributed by atoms with Crippen LogP contribution in [0.25, 0.3) is 0 Å². The summed E-state index contributed by atoms with van der Waals surface area (Å²) >= 11 is 0. The lowest BCUT2D eigenvalue weighted by atomic mass is 10.2. The van der Waals surface area contributed by atoms with Crippen molar-refractivity contribution in [1.82, 2.24) is 0 Å². The van der Waals surface area contributed by atoms with Crippen LogP contribution in [0.2, 0.25) is 0 Å². The van der Waals surface area contributed by atoms with Crippen molar-refractivity contribution in [2.24, 2.45) is 0 Å². The van der Waals surface area contributed by atoms with E-state index >= 15 is 0 Å². The second kappa shape index (κ2) is 11.6. The first kappa shape index (κ1) is 16.1. The molecule has 0 bridgehead atoms. The van der Waals surface area contributed by atoms with Gasteiger partial charge in [0.1, 0.15) is 12.2 Å². The van der Waals surface area contributed by atoms with Crippen LogP contribution in [0.15, 0.2) is 0 Å². The van der Waals surface area contributed by atoms with Crippen LogP contribution >= 0.6 is 0 Å². The Morgan fingerprint density at radius 1 is 0.941 bits per heavy atom. The van der Waals surface area contributed by atoms with Crippen LogP contribution in [0, 0.1) is 0 Å². The summed E-state index contributed by atoms with van der Waals surface area (Å²) in [7, 11) is 0. The van der Waals surface area contributed by atoms with Crippen LogP contribution in [0.1, 0.15) is 52.4 Å². The Hall–Kier alpha value is -0.900. The number of unbranched alkanes of at least 4 members (excludes halogenated alkanes) is 1. The van der Waals surface area contributed by atoms with Crippen LogP contribution in [-0.4, -0.2) is 31.6 Å². The van der Waals surface area contributed by atoms with E-state index < -0.39 is 5.97 Å². The lowest BCUT2D eigenvalue weighted by molar-refractivity contribution is -0.146. The van der Waals surface area contributed by atoms with Crippen molar-refractivity contribution < 1.29 is 19.1 Å². The summed E-state index contributed by atoms with van der Waals surface area (Å²) in [6.07, 6.45) is 3.85. The van der Waals surface area contributed by atoms with Crippen LogP contribution in [0.5, 0.6) is 0 Å². The van der Waals surface area contributed by atoms with E-state index in [1.54, 1.807) is 0 Å². The Morgan fingerprint density at radius 3 is 2.29 bits per heavy atom. The maximum Gasteiger partial charge on any atom is 0.313 e. The molecule has 0 aliphatic rings. The van der Waals surface area contributed by atoms with Gasteiger partial charge < -0.3 is 9.47 Å². The average Bonchev–Trinajstić information content (AvgIpc) is 2.28. The van der Waals surface area contributed by atoms with Gasteiger partial charge in [0.15, 0.2) is 0 Å².